The molecule has 0 aliphatic carbocycles. The number of carbonyl (C=O) groups excluding carboxylic acids is 1. The van der Waals surface area contributed by atoms with Crippen molar-refractivity contribution in [3.63, 3.8) is 0 Å². The van der Waals surface area contributed by atoms with Crippen molar-refractivity contribution in [2.45, 2.75) is 33.1 Å². The molecule has 78 valence electrons. The second-order valence-corrected chi connectivity index (χ2v) is 3.44. The van der Waals surface area contributed by atoms with Crippen molar-refractivity contribution in [1.29, 1.82) is 0 Å². The predicted molar refractivity (Wildman–Crippen MR) is 51.0 cm³/mol. The Labute approximate surface area is 83.2 Å². The van der Waals surface area contributed by atoms with E-state index in [1.807, 2.05) is 20.8 Å². The number of carbonyl (C=O) groups is 1. The number of esters is 1. The number of rotatable bonds is 3. The molecule has 0 N–H and O–H groups in total. The number of nitrogens with zero attached hydrogens (tertiary/aromatic N) is 1. The van der Waals surface area contributed by atoms with Crippen molar-refractivity contribution in [1.82, 2.24) is 5.16 Å². The van der Waals surface area contributed by atoms with Crippen LogP contribution in [-0.2, 0) is 9.53 Å². The van der Waals surface area contributed by atoms with E-state index in [0.717, 1.165) is 17.0 Å². The molecule has 0 spiro atoms. The Balaban J connectivity index is 2.74. The minimum atomic E-state index is -0.231. The maximum atomic E-state index is 11.0. The van der Waals surface area contributed by atoms with Gasteiger partial charge in [0.1, 0.15) is 5.76 Å². The summed E-state index contributed by atoms with van der Waals surface area (Å²) in [4.78, 5) is 11.0. The zero-order chi connectivity index (χ0) is 10.7. The van der Waals surface area contributed by atoms with Crippen LogP contribution in [0.4, 0.5) is 0 Å². The molecule has 0 aliphatic heterocycles. The summed E-state index contributed by atoms with van der Waals surface area (Å²) in [6, 6.07) is 0. The molecule has 0 aliphatic rings. The normalized spacial score (nSPS) is 12.6. The van der Waals surface area contributed by atoms with E-state index in [1.54, 1.807) is 0 Å². The highest BCUT2D eigenvalue weighted by atomic mass is 16.5. The molecule has 0 bridgehead atoms. The fourth-order valence-electron chi connectivity index (χ4n) is 1.32. The van der Waals surface area contributed by atoms with Gasteiger partial charge in [0.25, 0.3) is 0 Å². The smallest absolute Gasteiger partial charge is 0.306 e. The Hall–Kier alpha value is -1.32. The van der Waals surface area contributed by atoms with Crippen molar-refractivity contribution in [2.24, 2.45) is 0 Å². The van der Waals surface area contributed by atoms with Crippen LogP contribution >= 0.6 is 0 Å². The van der Waals surface area contributed by atoms with Gasteiger partial charge in [0.15, 0.2) is 0 Å². The van der Waals surface area contributed by atoms with E-state index in [9.17, 15) is 4.79 Å². The SMILES string of the molecule is COC(=O)CC(C)c1onc(C)c1C. The van der Waals surface area contributed by atoms with E-state index in [1.165, 1.54) is 7.11 Å². The Morgan fingerprint density at radius 3 is 2.64 bits per heavy atom. The van der Waals surface area contributed by atoms with E-state index in [0.29, 0.717) is 6.42 Å². The number of aromatic nitrogens is 1. The first kappa shape index (κ1) is 10.8. The van der Waals surface area contributed by atoms with Crippen molar-refractivity contribution in [2.75, 3.05) is 7.11 Å². The molecule has 1 aromatic heterocycles. The Morgan fingerprint density at radius 1 is 1.57 bits per heavy atom. The van der Waals surface area contributed by atoms with E-state index < -0.39 is 0 Å². The van der Waals surface area contributed by atoms with Gasteiger partial charge in [0.2, 0.25) is 0 Å². The second kappa shape index (κ2) is 4.26. The fourth-order valence-corrected chi connectivity index (χ4v) is 1.32. The maximum Gasteiger partial charge on any atom is 0.306 e. The molecule has 1 aromatic rings. The molecule has 14 heavy (non-hydrogen) atoms. The summed E-state index contributed by atoms with van der Waals surface area (Å²) in [6.07, 6.45) is 0.325. The molecule has 1 atom stereocenters. The largest absolute Gasteiger partial charge is 0.469 e. The van der Waals surface area contributed by atoms with Gasteiger partial charge in [-0.2, -0.15) is 0 Å². The van der Waals surface area contributed by atoms with Gasteiger partial charge in [-0.25, -0.2) is 0 Å². The molecule has 4 heteroatoms. The molecule has 0 radical (unpaired) electrons. The van der Waals surface area contributed by atoms with Gasteiger partial charge in [-0.3, -0.25) is 4.79 Å². The summed E-state index contributed by atoms with van der Waals surface area (Å²) in [6.45, 7) is 5.74. The van der Waals surface area contributed by atoms with Crippen LogP contribution in [-0.4, -0.2) is 18.2 Å². The monoisotopic (exact) mass is 197 g/mol. The standard InChI is InChI=1S/C10H15NO3/c1-6(5-9(12)13-4)10-7(2)8(3)11-14-10/h6H,5H2,1-4H3. The zero-order valence-electron chi connectivity index (χ0n) is 8.96. The first-order valence-electron chi connectivity index (χ1n) is 4.55. The first-order valence-corrected chi connectivity index (χ1v) is 4.55. The molecule has 0 aromatic carbocycles. The summed E-state index contributed by atoms with van der Waals surface area (Å²) < 4.78 is 9.73. The fraction of sp³-hybridized carbons (Fsp3) is 0.600. The minimum Gasteiger partial charge on any atom is -0.469 e. The van der Waals surface area contributed by atoms with E-state index in [2.05, 4.69) is 9.89 Å². The van der Waals surface area contributed by atoms with Gasteiger partial charge in [0.05, 0.1) is 19.2 Å². The summed E-state index contributed by atoms with van der Waals surface area (Å²) in [7, 11) is 1.38. The topological polar surface area (TPSA) is 52.3 Å². The van der Waals surface area contributed by atoms with Crippen LogP contribution in [0.3, 0.4) is 0 Å². The number of hydrogen-bond acceptors (Lipinski definition) is 4. The number of ether oxygens (including phenoxy) is 1. The Morgan fingerprint density at radius 2 is 2.21 bits per heavy atom. The summed E-state index contributed by atoms with van der Waals surface area (Å²) in [5, 5.41) is 3.84. The molecule has 0 amide bonds. The molecule has 1 unspecified atom stereocenters. The van der Waals surface area contributed by atoms with Gasteiger partial charge in [-0.15, -0.1) is 0 Å². The highest BCUT2D eigenvalue weighted by molar-refractivity contribution is 5.70. The van der Waals surface area contributed by atoms with Gasteiger partial charge < -0.3 is 9.26 Å². The van der Waals surface area contributed by atoms with Crippen LogP contribution in [0.15, 0.2) is 4.52 Å². The van der Waals surface area contributed by atoms with E-state index >= 15 is 0 Å². The molecule has 1 rings (SSSR count). The highest BCUT2D eigenvalue weighted by Crippen LogP contribution is 2.24. The quantitative estimate of drug-likeness (QED) is 0.695. The zero-order valence-corrected chi connectivity index (χ0v) is 8.96. The molecular weight excluding hydrogens is 182 g/mol. The van der Waals surface area contributed by atoms with Crippen LogP contribution in [0.5, 0.6) is 0 Å². The average Bonchev–Trinajstić information content (AvgIpc) is 2.47. The molecule has 0 fully saturated rings. The van der Waals surface area contributed by atoms with Crippen LogP contribution in [0, 0.1) is 13.8 Å². The third-order valence-corrected chi connectivity index (χ3v) is 2.34. The Bertz CT molecular complexity index is 330. The van der Waals surface area contributed by atoms with Gasteiger partial charge in [-0.1, -0.05) is 12.1 Å². The van der Waals surface area contributed by atoms with Crippen molar-refractivity contribution in [3.05, 3.63) is 17.0 Å². The van der Waals surface area contributed by atoms with Gasteiger partial charge >= 0.3 is 5.97 Å². The lowest BCUT2D eigenvalue weighted by atomic mass is 10.0. The molecule has 1 heterocycles. The molecule has 0 saturated carbocycles. The Kier molecular flexibility index (Phi) is 3.28. The second-order valence-electron chi connectivity index (χ2n) is 3.44. The number of aryl methyl sites for hydroxylation is 1. The van der Waals surface area contributed by atoms with Gasteiger partial charge in [-0.05, 0) is 13.8 Å². The number of hydrogen-bond donors (Lipinski definition) is 0. The highest BCUT2D eigenvalue weighted by Gasteiger charge is 2.19. The lowest BCUT2D eigenvalue weighted by Crippen LogP contribution is -2.06. The van der Waals surface area contributed by atoms with Crippen LogP contribution < -0.4 is 0 Å². The number of methoxy groups -OCH3 is 1. The third-order valence-electron chi connectivity index (χ3n) is 2.34. The summed E-state index contributed by atoms with van der Waals surface area (Å²) >= 11 is 0. The lowest BCUT2D eigenvalue weighted by Gasteiger charge is -2.06. The lowest BCUT2D eigenvalue weighted by molar-refractivity contribution is -0.141. The van der Waals surface area contributed by atoms with Crippen molar-refractivity contribution >= 4 is 5.97 Å². The summed E-state index contributed by atoms with van der Waals surface area (Å²) in [5.74, 6) is 0.558. The van der Waals surface area contributed by atoms with Gasteiger partial charge in [0, 0.05) is 11.5 Å². The van der Waals surface area contributed by atoms with E-state index in [4.69, 9.17) is 4.52 Å². The minimum absolute atomic E-state index is 0.0173. The molecule has 0 saturated heterocycles. The molecule has 4 nitrogen and oxygen atoms in total. The van der Waals surface area contributed by atoms with E-state index in [-0.39, 0.29) is 11.9 Å². The first-order chi connectivity index (χ1) is 6.56. The van der Waals surface area contributed by atoms with Crippen LogP contribution in [0.25, 0.3) is 0 Å². The third kappa shape index (κ3) is 2.13. The molecular formula is C10H15NO3. The van der Waals surface area contributed by atoms with Crippen LogP contribution in [0.1, 0.15) is 36.3 Å². The predicted octanol–water partition coefficient (Wildman–Crippen LogP) is 1.96. The van der Waals surface area contributed by atoms with Crippen LogP contribution in [0.2, 0.25) is 0 Å². The van der Waals surface area contributed by atoms with Crippen molar-refractivity contribution < 1.29 is 14.1 Å². The van der Waals surface area contributed by atoms with Crippen molar-refractivity contribution in [3.8, 4) is 0 Å². The summed E-state index contributed by atoms with van der Waals surface area (Å²) in [5.41, 5.74) is 1.89. The average molecular weight is 197 g/mol. The maximum absolute atomic E-state index is 11.0.